The lowest BCUT2D eigenvalue weighted by Crippen LogP contribution is -2.48. The molecule has 2 aliphatic rings. The van der Waals surface area contributed by atoms with Crippen LogP contribution in [0.2, 0.25) is 0 Å². The van der Waals surface area contributed by atoms with Crippen LogP contribution in [0.5, 0.6) is 0 Å². The Kier molecular flexibility index (Phi) is 7.45. The van der Waals surface area contributed by atoms with E-state index in [-0.39, 0.29) is 29.7 Å². The lowest BCUT2D eigenvalue weighted by Gasteiger charge is -2.34. The van der Waals surface area contributed by atoms with E-state index in [1.54, 1.807) is 23.1 Å². The van der Waals surface area contributed by atoms with E-state index in [0.717, 1.165) is 36.8 Å². The molecule has 31 heavy (non-hydrogen) atoms. The fourth-order valence-electron chi connectivity index (χ4n) is 5.01. The summed E-state index contributed by atoms with van der Waals surface area (Å²) in [5, 5.41) is 0. The molecule has 0 bridgehead atoms. The van der Waals surface area contributed by atoms with Gasteiger partial charge in [-0.05, 0) is 69.7 Å². The van der Waals surface area contributed by atoms with Gasteiger partial charge in [0.05, 0.1) is 4.90 Å². The predicted molar refractivity (Wildman–Crippen MR) is 120 cm³/mol. The van der Waals surface area contributed by atoms with Crippen LogP contribution in [0.3, 0.4) is 0 Å². The number of nitrogens with zero attached hydrogens (tertiary/aromatic N) is 1. The van der Waals surface area contributed by atoms with Gasteiger partial charge in [-0.25, -0.2) is 8.42 Å². The van der Waals surface area contributed by atoms with Crippen molar-refractivity contribution >= 4 is 21.7 Å². The molecule has 6 nitrogen and oxygen atoms in total. The number of sulfone groups is 1. The van der Waals surface area contributed by atoms with E-state index in [0.29, 0.717) is 19.4 Å². The van der Waals surface area contributed by atoms with Crippen LogP contribution < -0.4 is 0 Å². The molecule has 2 fully saturated rings. The standard InChI is InChI=1S/C24H35NO5S/c1-4-25(20-10-6-5-7-11-20)22(26)17-30-23(27)24(14-8-9-15-24)31(28,29)21-13-12-18(2)19(3)16-21/h12-13,16,20H,4-11,14-15,17H2,1-3H3. The number of aryl methyl sites for hydroxylation is 2. The highest BCUT2D eigenvalue weighted by atomic mass is 32.2. The maximum atomic E-state index is 13.5. The second-order valence-electron chi connectivity index (χ2n) is 9.00. The summed E-state index contributed by atoms with van der Waals surface area (Å²) in [6.07, 6.45) is 7.10. The van der Waals surface area contributed by atoms with Crippen LogP contribution in [0.4, 0.5) is 0 Å². The highest BCUT2D eigenvalue weighted by molar-refractivity contribution is 7.93. The van der Waals surface area contributed by atoms with Gasteiger partial charge in [-0.15, -0.1) is 0 Å². The first-order chi connectivity index (χ1) is 14.7. The first-order valence-corrected chi connectivity index (χ1v) is 13.0. The van der Waals surface area contributed by atoms with E-state index < -0.39 is 27.2 Å². The molecule has 1 amide bonds. The van der Waals surface area contributed by atoms with Crippen LogP contribution in [0.25, 0.3) is 0 Å². The molecular formula is C24H35NO5S. The molecule has 0 N–H and O–H groups in total. The van der Waals surface area contributed by atoms with Crippen molar-refractivity contribution in [2.45, 2.75) is 94.2 Å². The first kappa shape index (κ1) is 23.8. The Hall–Kier alpha value is -1.89. The summed E-state index contributed by atoms with van der Waals surface area (Å²) in [5.74, 6) is -1.02. The van der Waals surface area contributed by atoms with Crippen LogP contribution >= 0.6 is 0 Å². The van der Waals surface area contributed by atoms with Crippen molar-refractivity contribution in [3.05, 3.63) is 29.3 Å². The van der Waals surface area contributed by atoms with Crippen LogP contribution in [-0.2, 0) is 24.2 Å². The Morgan fingerprint density at radius 2 is 1.68 bits per heavy atom. The molecule has 2 aliphatic carbocycles. The minimum Gasteiger partial charge on any atom is -0.454 e. The summed E-state index contributed by atoms with van der Waals surface area (Å²) >= 11 is 0. The lowest BCUT2D eigenvalue weighted by atomic mass is 9.94. The molecule has 0 radical (unpaired) electrons. The summed E-state index contributed by atoms with van der Waals surface area (Å²) in [6.45, 7) is 5.87. The molecule has 2 saturated carbocycles. The quantitative estimate of drug-likeness (QED) is 0.585. The van der Waals surface area contributed by atoms with Gasteiger partial charge in [0.2, 0.25) is 0 Å². The minimum atomic E-state index is -3.93. The topological polar surface area (TPSA) is 80.8 Å². The number of esters is 1. The molecule has 1 aromatic rings. The van der Waals surface area contributed by atoms with Crippen molar-refractivity contribution in [3.63, 3.8) is 0 Å². The van der Waals surface area contributed by atoms with Crippen LogP contribution in [0.15, 0.2) is 23.1 Å². The zero-order chi connectivity index (χ0) is 22.6. The highest BCUT2D eigenvalue weighted by Crippen LogP contribution is 2.42. The lowest BCUT2D eigenvalue weighted by molar-refractivity contribution is -0.155. The largest absolute Gasteiger partial charge is 0.454 e. The van der Waals surface area contributed by atoms with E-state index in [1.165, 1.54) is 6.42 Å². The average Bonchev–Trinajstić information content (AvgIpc) is 3.27. The SMILES string of the molecule is CCN(C(=O)COC(=O)C1(S(=O)(=O)c2ccc(C)c(C)c2)CCCC1)C1CCCCC1. The number of carbonyl (C=O) groups is 2. The van der Waals surface area contributed by atoms with Crippen molar-refractivity contribution < 1.29 is 22.7 Å². The van der Waals surface area contributed by atoms with Gasteiger partial charge in [-0.2, -0.15) is 0 Å². The molecule has 0 aliphatic heterocycles. The van der Waals surface area contributed by atoms with Crippen molar-refractivity contribution in [2.24, 2.45) is 0 Å². The number of amides is 1. The van der Waals surface area contributed by atoms with Gasteiger partial charge >= 0.3 is 5.97 Å². The number of rotatable bonds is 7. The number of ether oxygens (including phenoxy) is 1. The van der Waals surface area contributed by atoms with Gasteiger partial charge in [0.1, 0.15) is 0 Å². The van der Waals surface area contributed by atoms with E-state index in [4.69, 9.17) is 4.74 Å². The number of benzene rings is 1. The van der Waals surface area contributed by atoms with Crippen molar-refractivity contribution in [3.8, 4) is 0 Å². The molecular weight excluding hydrogens is 414 g/mol. The number of hydrogen-bond donors (Lipinski definition) is 0. The van der Waals surface area contributed by atoms with E-state index in [2.05, 4.69) is 0 Å². The zero-order valence-corrected chi connectivity index (χ0v) is 19.8. The summed E-state index contributed by atoms with van der Waals surface area (Å²) in [5.41, 5.74) is 1.86. The summed E-state index contributed by atoms with van der Waals surface area (Å²) in [4.78, 5) is 27.9. The van der Waals surface area contributed by atoms with Crippen LogP contribution in [-0.4, -0.2) is 49.1 Å². The fraction of sp³-hybridized carbons (Fsp3) is 0.667. The number of carbonyl (C=O) groups excluding carboxylic acids is 2. The predicted octanol–water partition coefficient (Wildman–Crippen LogP) is 4.11. The van der Waals surface area contributed by atoms with Gasteiger partial charge in [-0.3, -0.25) is 9.59 Å². The monoisotopic (exact) mass is 449 g/mol. The zero-order valence-electron chi connectivity index (χ0n) is 19.0. The third-order valence-corrected chi connectivity index (χ3v) is 9.57. The Labute approximate surface area is 186 Å². The second kappa shape index (κ2) is 9.72. The van der Waals surface area contributed by atoms with Crippen molar-refractivity contribution in [1.29, 1.82) is 0 Å². The van der Waals surface area contributed by atoms with Gasteiger partial charge in [0.15, 0.2) is 21.2 Å². The van der Waals surface area contributed by atoms with E-state index in [1.807, 2.05) is 20.8 Å². The third kappa shape index (κ3) is 4.66. The van der Waals surface area contributed by atoms with Gasteiger partial charge in [0, 0.05) is 12.6 Å². The third-order valence-electron chi connectivity index (χ3n) is 7.09. The van der Waals surface area contributed by atoms with E-state index in [9.17, 15) is 18.0 Å². The van der Waals surface area contributed by atoms with Gasteiger partial charge < -0.3 is 9.64 Å². The Morgan fingerprint density at radius 1 is 1.03 bits per heavy atom. The van der Waals surface area contributed by atoms with Gasteiger partial charge in [-0.1, -0.05) is 38.2 Å². The molecule has 0 atom stereocenters. The summed E-state index contributed by atoms with van der Waals surface area (Å²) < 4.78 is 30.9. The molecule has 1 aromatic carbocycles. The second-order valence-corrected chi connectivity index (χ2v) is 11.3. The molecule has 172 valence electrons. The number of hydrogen-bond acceptors (Lipinski definition) is 5. The van der Waals surface area contributed by atoms with Crippen molar-refractivity contribution in [1.82, 2.24) is 4.90 Å². The molecule has 3 rings (SSSR count). The molecule has 0 unspecified atom stereocenters. The van der Waals surface area contributed by atoms with Gasteiger partial charge in [0.25, 0.3) is 5.91 Å². The highest BCUT2D eigenvalue weighted by Gasteiger charge is 2.54. The van der Waals surface area contributed by atoms with Crippen LogP contribution in [0.1, 0.15) is 75.8 Å². The van der Waals surface area contributed by atoms with Crippen molar-refractivity contribution in [2.75, 3.05) is 13.2 Å². The fourth-order valence-corrected chi connectivity index (χ4v) is 7.14. The Bertz CT molecular complexity index is 912. The molecule has 0 saturated heterocycles. The Morgan fingerprint density at radius 3 is 2.26 bits per heavy atom. The van der Waals surface area contributed by atoms with Crippen LogP contribution in [0, 0.1) is 13.8 Å². The number of likely N-dealkylation sites (N-methyl/N-ethyl adjacent to an activating group) is 1. The maximum Gasteiger partial charge on any atom is 0.328 e. The molecule has 0 heterocycles. The Balaban J connectivity index is 1.77. The smallest absolute Gasteiger partial charge is 0.328 e. The molecule has 0 spiro atoms. The average molecular weight is 450 g/mol. The van der Waals surface area contributed by atoms with E-state index >= 15 is 0 Å². The summed E-state index contributed by atoms with van der Waals surface area (Å²) in [7, 11) is -3.93. The first-order valence-electron chi connectivity index (χ1n) is 11.5. The minimum absolute atomic E-state index is 0.151. The normalized spacial score (nSPS) is 19.2. The molecule has 0 aromatic heterocycles. The maximum absolute atomic E-state index is 13.5. The molecule has 7 heteroatoms. The summed E-state index contributed by atoms with van der Waals surface area (Å²) in [6, 6.07) is 5.15.